The van der Waals surface area contributed by atoms with Crippen molar-refractivity contribution in [2.75, 3.05) is 0 Å². The lowest BCUT2D eigenvalue weighted by atomic mass is 9.92. The largest absolute Gasteiger partial charge is 0.481 e. The van der Waals surface area contributed by atoms with Crippen LogP contribution in [-0.2, 0) is 21.3 Å². The van der Waals surface area contributed by atoms with Crippen molar-refractivity contribution >= 4 is 16.1 Å². The summed E-state index contributed by atoms with van der Waals surface area (Å²) in [4.78, 5) is 11.1. The number of carboxylic acid groups (broad SMARTS) is 1. The third-order valence-electron chi connectivity index (χ3n) is 3.71. The molecule has 17 heteroatoms. The SMILES string of the molecule is CC(C)C(Cc1cc(OS(=O)(=O)C(F)(F)C(F)(F)C(F)(F)C(F)(F)F)no1)C(=O)O. The number of hydrogen-bond acceptors (Lipinski definition) is 6. The van der Waals surface area contributed by atoms with Gasteiger partial charge in [-0.1, -0.05) is 13.8 Å². The highest BCUT2D eigenvalue weighted by Gasteiger charge is 2.86. The second kappa shape index (κ2) is 7.81. The van der Waals surface area contributed by atoms with Crippen LogP contribution in [0.15, 0.2) is 10.6 Å². The Bertz CT molecular complexity index is 878. The van der Waals surface area contributed by atoms with E-state index in [1.165, 1.54) is 13.8 Å². The number of carboxylic acids is 1. The normalized spacial score (nSPS) is 15.3. The van der Waals surface area contributed by atoms with Crippen molar-refractivity contribution < 1.29 is 66.5 Å². The zero-order valence-electron chi connectivity index (χ0n) is 14.7. The minimum atomic E-state index is -7.46. The first-order valence-corrected chi connectivity index (χ1v) is 8.92. The molecule has 1 aromatic heterocycles. The van der Waals surface area contributed by atoms with E-state index in [0.717, 1.165) is 0 Å². The second-order valence-corrected chi connectivity index (χ2v) is 7.81. The van der Waals surface area contributed by atoms with Gasteiger partial charge in [-0.05, 0) is 11.1 Å². The average molecular weight is 481 g/mol. The molecule has 0 radical (unpaired) electrons. The first-order chi connectivity index (χ1) is 13.2. The van der Waals surface area contributed by atoms with Gasteiger partial charge in [-0.3, -0.25) is 4.79 Å². The van der Waals surface area contributed by atoms with Gasteiger partial charge in [0.2, 0.25) is 0 Å². The summed E-state index contributed by atoms with van der Waals surface area (Å²) in [5.41, 5.74) is 0. The molecule has 1 unspecified atom stereocenters. The molecule has 1 heterocycles. The number of halogens is 9. The summed E-state index contributed by atoms with van der Waals surface area (Å²) in [6.07, 6.45) is -7.72. The standard InChI is InChI=1S/C13H12F9NO6S/c1-5(2)7(9(24)25)3-6-4-8(23-28-6)29-30(26,27)13(21,22)11(16,17)10(14,15)12(18,19)20/h4-5,7H,3H2,1-2H3,(H,24,25). The molecule has 0 aliphatic carbocycles. The minimum Gasteiger partial charge on any atom is -0.481 e. The Labute approximate surface area is 161 Å². The Morgan fingerprint density at radius 3 is 2.00 bits per heavy atom. The fourth-order valence-electron chi connectivity index (χ4n) is 1.94. The lowest BCUT2D eigenvalue weighted by Crippen LogP contribution is -2.63. The number of nitrogens with zero attached hydrogens (tertiary/aromatic N) is 1. The summed E-state index contributed by atoms with van der Waals surface area (Å²) < 4.78 is 146. The quantitative estimate of drug-likeness (QED) is 0.423. The molecule has 1 aromatic rings. The first kappa shape index (κ1) is 25.8. The maximum absolute atomic E-state index is 13.5. The molecular weight excluding hydrogens is 469 g/mol. The van der Waals surface area contributed by atoms with Crippen LogP contribution in [0.2, 0.25) is 0 Å². The van der Waals surface area contributed by atoms with Crippen LogP contribution >= 0.6 is 0 Å². The summed E-state index contributed by atoms with van der Waals surface area (Å²) in [5, 5.41) is 4.67. The number of carbonyl (C=O) groups is 1. The van der Waals surface area contributed by atoms with Crippen LogP contribution < -0.4 is 4.18 Å². The molecule has 0 bridgehead atoms. The predicted molar refractivity (Wildman–Crippen MR) is 76.6 cm³/mol. The van der Waals surface area contributed by atoms with Gasteiger partial charge in [-0.25, -0.2) is 0 Å². The van der Waals surface area contributed by atoms with Gasteiger partial charge in [0, 0.05) is 12.5 Å². The Balaban J connectivity index is 3.20. The molecule has 0 fully saturated rings. The number of hydrogen-bond donors (Lipinski definition) is 1. The van der Waals surface area contributed by atoms with Crippen LogP contribution in [0, 0.1) is 11.8 Å². The summed E-state index contributed by atoms with van der Waals surface area (Å²) >= 11 is 0. The fourth-order valence-corrected chi connectivity index (χ4v) is 2.79. The molecule has 174 valence electrons. The highest BCUT2D eigenvalue weighted by molar-refractivity contribution is 7.88. The molecule has 30 heavy (non-hydrogen) atoms. The Morgan fingerprint density at radius 2 is 1.60 bits per heavy atom. The van der Waals surface area contributed by atoms with Crippen molar-refractivity contribution in [3.8, 4) is 5.88 Å². The van der Waals surface area contributed by atoms with Gasteiger partial charge in [-0.2, -0.15) is 47.9 Å². The fraction of sp³-hybridized carbons (Fsp3) is 0.692. The number of rotatable bonds is 9. The number of alkyl halides is 9. The van der Waals surface area contributed by atoms with E-state index in [1.807, 2.05) is 0 Å². The highest BCUT2D eigenvalue weighted by atomic mass is 32.2. The van der Waals surface area contributed by atoms with Crippen molar-refractivity contribution in [2.24, 2.45) is 11.8 Å². The van der Waals surface area contributed by atoms with Gasteiger partial charge >= 0.3 is 39.4 Å². The van der Waals surface area contributed by atoms with Gasteiger partial charge in [0.1, 0.15) is 5.76 Å². The smallest absolute Gasteiger partial charge is 0.460 e. The molecule has 7 nitrogen and oxygen atoms in total. The molecule has 1 N–H and O–H groups in total. The van der Waals surface area contributed by atoms with Gasteiger partial charge in [0.05, 0.1) is 5.92 Å². The van der Waals surface area contributed by atoms with E-state index >= 15 is 0 Å². The summed E-state index contributed by atoms with van der Waals surface area (Å²) in [6.45, 7) is 2.92. The van der Waals surface area contributed by atoms with Gasteiger partial charge < -0.3 is 13.8 Å². The van der Waals surface area contributed by atoms with E-state index in [-0.39, 0.29) is 0 Å². The molecule has 0 spiro atoms. The maximum Gasteiger partial charge on any atom is 0.460 e. The monoisotopic (exact) mass is 481 g/mol. The Kier molecular flexibility index (Phi) is 6.72. The topological polar surface area (TPSA) is 107 Å². The molecule has 1 atom stereocenters. The molecule has 0 aliphatic rings. The minimum absolute atomic E-state index is 0.367. The molecule has 0 aliphatic heterocycles. The van der Waals surface area contributed by atoms with Crippen LogP contribution in [-0.4, -0.2) is 47.9 Å². The van der Waals surface area contributed by atoms with Crippen LogP contribution in [0.4, 0.5) is 39.5 Å². The lowest BCUT2D eigenvalue weighted by molar-refractivity contribution is -0.382. The van der Waals surface area contributed by atoms with Crippen LogP contribution in [0.25, 0.3) is 0 Å². The van der Waals surface area contributed by atoms with Crippen molar-refractivity contribution in [1.82, 2.24) is 5.16 Å². The number of aromatic nitrogens is 1. The van der Waals surface area contributed by atoms with Crippen LogP contribution in [0.1, 0.15) is 19.6 Å². The lowest BCUT2D eigenvalue weighted by Gasteiger charge is -2.32. The van der Waals surface area contributed by atoms with Gasteiger partial charge in [0.25, 0.3) is 5.88 Å². The first-order valence-electron chi connectivity index (χ1n) is 7.51. The van der Waals surface area contributed by atoms with E-state index in [9.17, 15) is 52.7 Å². The highest BCUT2D eigenvalue weighted by Crippen LogP contribution is 2.54. The zero-order valence-corrected chi connectivity index (χ0v) is 15.5. The van der Waals surface area contributed by atoms with Crippen LogP contribution in [0.3, 0.4) is 0 Å². The van der Waals surface area contributed by atoms with Crippen molar-refractivity contribution in [3.63, 3.8) is 0 Å². The third-order valence-corrected chi connectivity index (χ3v) is 4.98. The molecule has 1 rings (SSSR count). The van der Waals surface area contributed by atoms with E-state index in [2.05, 4.69) is 13.9 Å². The zero-order chi connectivity index (χ0) is 23.9. The van der Waals surface area contributed by atoms with Crippen molar-refractivity contribution in [1.29, 1.82) is 0 Å². The van der Waals surface area contributed by atoms with E-state index < -0.39 is 69.3 Å². The van der Waals surface area contributed by atoms with Crippen molar-refractivity contribution in [2.45, 2.75) is 43.5 Å². The molecule has 0 amide bonds. The predicted octanol–water partition coefficient (Wildman–Crippen LogP) is 3.71. The van der Waals surface area contributed by atoms with Gasteiger partial charge in [0.15, 0.2) is 0 Å². The van der Waals surface area contributed by atoms with Gasteiger partial charge in [-0.15, -0.1) is 0 Å². The molecular formula is C13H12F9NO6S. The van der Waals surface area contributed by atoms with Crippen LogP contribution in [0.5, 0.6) is 5.88 Å². The maximum atomic E-state index is 13.5. The van der Waals surface area contributed by atoms with Crippen molar-refractivity contribution in [3.05, 3.63) is 11.8 Å². The summed E-state index contributed by atoms with van der Waals surface area (Å²) in [7, 11) is -7.16. The van der Waals surface area contributed by atoms with E-state index in [4.69, 9.17) is 5.11 Å². The third kappa shape index (κ3) is 4.44. The summed E-state index contributed by atoms with van der Waals surface area (Å²) in [5.74, 6) is -19.9. The molecule has 0 saturated heterocycles. The van der Waals surface area contributed by atoms with E-state index in [1.54, 1.807) is 0 Å². The number of aliphatic carboxylic acids is 1. The molecule has 0 saturated carbocycles. The Hall–Kier alpha value is -2.20. The second-order valence-electron chi connectivity index (χ2n) is 6.23. The van der Waals surface area contributed by atoms with E-state index in [0.29, 0.717) is 6.07 Å². The average Bonchev–Trinajstić information content (AvgIpc) is 2.96. The Morgan fingerprint density at radius 1 is 1.10 bits per heavy atom. The molecule has 0 aromatic carbocycles. The summed E-state index contributed by atoms with van der Waals surface area (Å²) in [6, 6.07) is 0.367.